The molecule has 5 aliphatic rings. The number of carbonyl (C=O) groups excluding carboxylic acids is 1. The fourth-order valence-corrected chi connectivity index (χ4v) is 10.4. The molecule has 0 bridgehead atoms. The van der Waals surface area contributed by atoms with E-state index in [0.29, 0.717) is 29.8 Å². The molecular formula is C39H53N3O4. The van der Waals surface area contributed by atoms with Gasteiger partial charge in [0.15, 0.2) is 11.5 Å². The third-order valence-electron chi connectivity index (χ3n) is 12.8. The van der Waals surface area contributed by atoms with Crippen LogP contribution in [-0.2, 0) is 16.1 Å². The van der Waals surface area contributed by atoms with Crippen molar-refractivity contribution < 1.29 is 19.0 Å². The van der Waals surface area contributed by atoms with Crippen LogP contribution in [0.2, 0.25) is 0 Å². The van der Waals surface area contributed by atoms with Gasteiger partial charge in [-0.3, -0.25) is 4.79 Å². The predicted octanol–water partition coefficient (Wildman–Crippen LogP) is 7.71. The first-order chi connectivity index (χ1) is 22.3. The lowest BCUT2D eigenvalue weighted by atomic mass is 9.48. The van der Waals surface area contributed by atoms with E-state index in [1.807, 2.05) is 18.6 Å². The molecule has 2 aromatic rings. The number of likely N-dealkylation sites (tertiary alicyclic amines) is 1. The number of aromatic nitrogens is 2. The Kier molecular flexibility index (Phi) is 8.81. The number of aryl methyl sites for hydroxylation is 1. The van der Waals surface area contributed by atoms with Crippen LogP contribution in [0.3, 0.4) is 0 Å². The second-order valence-corrected chi connectivity index (χ2v) is 15.3. The zero-order valence-electron chi connectivity index (χ0n) is 28.4. The van der Waals surface area contributed by atoms with E-state index in [-0.39, 0.29) is 17.5 Å². The summed E-state index contributed by atoms with van der Waals surface area (Å²) < 4.78 is 20.2. The Morgan fingerprint density at radius 1 is 1.09 bits per heavy atom. The summed E-state index contributed by atoms with van der Waals surface area (Å²) in [5.74, 6) is 3.15. The fourth-order valence-electron chi connectivity index (χ4n) is 10.4. The van der Waals surface area contributed by atoms with Crippen molar-refractivity contribution in [2.24, 2.45) is 28.6 Å². The minimum atomic E-state index is -0.190. The average Bonchev–Trinajstić information content (AvgIpc) is 3.82. The smallest absolute Gasteiger partial charge is 0.303 e. The van der Waals surface area contributed by atoms with E-state index in [9.17, 15) is 4.79 Å². The van der Waals surface area contributed by atoms with Gasteiger partial charge < -0.3 is 23.7 Å². The molecule has 4 aliphatic carbocycles. The molecule has 248 valence electrons. The Hall–Kier alpha value is -3.06. The number of rotatable bonds is 9. The highest BCUT2D eigenvalue weighted by atomic mass is 16.5. The average molecular weight is 628 g/mol. The number of benzene rings is 1. The maximum Gasteiger partial charge on any atom is 0.303 e. The number of imidazole rings is 1. The molecule has 1 saturated heterocycles. The number of carbonyl (C=O) groups is 1. The van der Waals surface area contributed by atoms with Crippen LogP contribution in [0.25, 0.3) is 6.08 Å². The molecule has 7 nitrogen and oxygen atoms in total. The number of esters is 1. The van der Waals surface area contributed by atoms with E-state index >= 15 is 0 Å². The first-order valence-electron chi connectivity index (χ1n) is 17.9. The lowest BCUT2D eigenvalue weighted by Gasteiger charge is -2.58. The zero-order valence-corrected chi connectivity index (χ0v) is 28.4. The number of methoxy groups -OCH3 is 1. The molecule has 3 saturated carbocycles. The second-order valence-electron chi connectivity index (χ2n) is 15.3. The third kappa shape index (κ3) is 5.82. The quantitative estimate of drug-likeness (QED) is 0.161. The van der Waals surface area contributed by atoms with Gasteiger partial charge in [-0.05, 0) is 124 Å². The minimum Gasteiger partial charge on any atom is -0.493 e. The third-order valence-corrected chi connectivity index (χ3v) is 12.8. The summed E-state index contributed by atoms with van der Waals surface area (Å²) in [6, 6.07) is 6.92. The van der Waals surface area contributed by atoms with Crippen LogP contribution in [0.15, 0.2) is 54.1 Å². The van der Waals surface area contributed by atoms with Gasteiger partial charge in [-0.15, -0.1) is 0 Å². The molecule has 46 heavy (non-hydrogen) atoms. The molecule has 7 rings (SSSR count). The topological polar surface area (TPSA) is 65.8 Å². The number of nitrogens with zero attached hydrogens (tertiary/aromatic N) is 3. The van der Waals surface area contributed by atoms with Crippen LogP contribution in [0.4, 0.5) is 0 Å². The van der Waals surface area contributed by atoms with Crippen molar-refractivity contribution in [2.75, 3.05) is 26.8 Å². The number of hydrogen-bond acceptors (Lipinski definition) is 6. The second kappa shape index (κ2) is 12.9. The molecule has 0 radical (unpaired) electrons. The maximum atomic E-state index is 12.5. The lowest BCUT2D eigenvalue weighted by molar-refractivity contribution is -0.154. The summed E-state index contributed by atoms with van der Waals surface area (Å²) in [6.45, 7) is 10.6. The first kappa shape index (κ1) is 31.5. The lowest BCUT2D eigenvalue weighted by Crippen LogP contribution is -2.52. The molecule has 1 aromatic heterocycles. The Bertz CT molecular complexity index is 1460. The fraction of sp³-hybridized carbons (Fsp3) is 0.641. The summed E-state index contributed by atoms with van der Waals surface area (Å²) in [5.41, 5.74) is 4.33. The maximum absolute atomic E-state index is 12.5. The van der Waals surface area contributed by atoms with Crippen LogP contribution in [0.1, 0.15) is 90.5 Å². The van der Waals surface area contributed by atoms with Crippen LogP contribution in [-0.4, -0.2) is 59.4 Å². The molecule has 0 amide bonds. The van der Waals surface area contributed by atoms with Gasteiger partial charge in [-0.25, -0.2) is 4.98 Å². The van der Waals surface area contributed by atoms with Gasteiger partial charge in [0.05, 0.1) is 20.0 Å². The normalized spacial score (nSPS) is 34.8. The van der Waals surface area contributed by atoms with E-state index in [0.717, 1.165) is 48.9 Å². The monoisotopic (exact) mass is 627 g/mol. The van der Waals surface area contributed by atoms with E-state index in [1.165, 1.54) is 63.6 Å². The number of allylic oxidation sites excluding steroid dienone is 1. The molecule has 7 heteroatoms. The van der Waals surface area contributed by atoms with Crippen LogP contribution >= 0.6 is 0 Å². The predicted molar refractivity (Wildman–Crippen MR) is 181 cm³/mol. The van der Waals surface area contributed by atoms with Crippen LogP contribution in [0, 0.1) is 28.6 Å². The number of ether oxygens (including phenoxy) is 3. The Labute approximate surface area is 275 Å². The van der Waals surface area contributed by atoms with Gasteiger partial charge in [0.25, 0.3) is 0 Å². The Morgan fingerprint density at radius 2 is 1.93 bits per heavy atom. The summed E-state index contributed by atoms with van der Waals surface area (Å²) in [4.78, 5) is 19.4. The summed E-state index contributed by atoms with van der Waals surface area (Å²) in [6.07, 6.45) is 22.4. The van der Waals surface area contributed by atoms with Crippen molar-refractivity contribution in [3.05, 3.63) is 59.7 Å². The van der Waals surface area contributed by atoms with Gasteiger partial charge in [0.2, 0.25) is 0 Å². The van der Waals surface area contributed by atoms with Gasteiger partial charge >= 0.3 is 5.97 Å². The largest absolute Gasteiger partial charge is 0.493 e. The van der Waals surface area contributed by atoms with Crippen molar-refractivity contribution in [3.63, 3.8) is 0 Å². The Balaban J connectivity index is 1.10. The molecular weight excluding hydrogens is 574 g/mol. The summed E-state index contributed by atoms with van der Waals surface area (Å²) in [5, 5.41) is 0. The van der Waals surface area contributed by atoms with Crippen molar-refractivity contribution in [2.45, 2.75) is 104 Å². The number of hydrogen-bond donors (Lipinski definition) is 0. The molecule has 4 fully saturated rings. The Morgan fingerprint density at radius 3 is 2.70 bits per heavy atom. The van der Waals surface area contributed by atoms with Crippen molar-refractivity contribution >= 4 is 12.0 Å². The number of fused-ring (bicyclic) bond motifs is 5. The van der Waals surface area contributed by atoms with E-state index < -0.39 is 0 Å². The van der Waals surface area contributed by atoms with Crippen molar-refractivity contribution in [1.82, 2.24) is 14.5 Å². The highest BCUT2D eigenvalue weighted by molar-refractivity contribution is 5.68. The van der Waals surface area contributed by atoms with Gasteiger partial charge in [-0.1, -0.05) is 37.6 Å². The van der Waals surface area contributed by atoms with Crippen molar-refractivity contribution in [3.8, 4) is 11.5 Å². The van der Waals surface area contributed by atoms with Crippen LogP contribution in [0.5, 0.6) is 11.5 Å². The summed E-state index contributed by atoms with van der Waals surface area (Å²) in [7, 11) is 1.70. The standard InChI is InChI=1S/C39H53N3O4/c1-27(43)46-37-29(22-28-8-11-35(36(23-28)44-4)45-21-7-17-41-20-16-40-26-41)24-34-32-10-9-30-25-31(42-18-5-6-19-42)12-14-38(30,2)33(32)13-15-39(34,37)3/h8-9,11,16,20,22-23,26,31-34,37H,5-7,10,12-15,17-19,21,24-25H2,1-4H3/b29-22+/t31-,32?,33?,34?,37-,38-,39-/m0/s1. The SMILES string of the molecule is COc1cc(/C=C2\CC3C4CC=C5C[C@@H](N6CCCC6)CC[C@]5(C)C4CC[C@]3(C)[C@H]2OC(C)=O)ccc1OCCCn1ccnc1. The molecule has 0 N–H and O–H groups in total. The molecule has 3 unspecified atom stereocenters. The van der Waals surface area contributed by atoms with E-state index in [1.54, 1.807) is 25.8 Å². The molecule has 1 aromatic carbocycles. The molecule has 1 aliphatic heterocycles. The van der Waals surface area contributed by atoms with Gasteiger partial charge in [-0.2, -0.15) is 0 Å². The summed E-state index contributed by atoms with van der Waals surface area (Å²) >= 11 is 0. The van der Waals surface area contributed by atoms with Crippen LogP contribution < -0.4 is 9.47 Å². The molecule has 0 spiro atoms. The van der Waals surface area contributed by atoms with Crippen molar-refractivity contribution in [1.29, 1.82) is 0 Å². The molecule has 7 atom stereocenters. The minimum absolute atomic E-state index is 0.0461. The van der Waals surface area contributed by atoms with E-state index in [4.69, 9.17) is 14.2 Å². The first-order valence-corrected chi connectivity index (χ1v) is 17.9. The van der Waals surface area contributed by atoms with E-state index in [2.05, 4.69) is 52.6 Å². The highest BCUT2D eigenvalue weighted by Gasteiger charge is 2.61. The van der Waals surface area contributed by atoms with Gasteiger partial charge in [0, 0.05) is 37.3 Å². The zero-order chi connectivity index (χ0) is 31.9. The van der Waals surface area contributed by atoms with Gasteiger partial charge in [0.1, 0.15) is 6.10 Å². The molecule has 2 heterocycles. The highest BCUT2D eigenvalue weighted by Crippen LogP contribution is 2.66.